The zero-order valence-corrected chi connectivity index (χ0v) is 17.1. The molecule has 0 saturated heterocycles. The number of ether oxygens (including phenoxy) is 1. The van der Waals surface area contributed by atoms with Crippen molar-refractivity contribution >= 4 is 17.1 Å². The fraction of sp³-hybridized carbons (Fsp3) is 0.429. The SMILES string of the molecule is CCCCc1ccc(C(=O)OCCCn2c(=O)c3c(ncn3C)n(C)c2=O)cc1. The lowest BCUT2D eigenvalue weighted by Gasteiger charge is -2.09. The lowest BCUT2D eigenvalue weighted by molar-refractivity contribution is 0.0495. The van der Waals surface area contributed by atoms with E-state index in [1.54, 1.807) is 30.8 Å². The van der Waals surface area contributed by atoms with Crippen molar-refractivity contribution in [2.45, 2.75) is 39.2 Å². The van der Waals surface area contributed by atoms with Crippen molar-refractivity contribution in [1.82, 2.24) is 18.7 Å². The van der Waals surface area contributed by atoms with Gasteiger partial charge in [-0.1, -0.05) is 25.5 Å². The number of carbonyl (C=O) groups excluding carboxylic acids is 1. The quantitative estimate of drug-likeness (QED) is 0.428. The van der Waals surface area contributed by atoms with E-state index >= 15 is 0 Å². The zero-order valence-electron chi connectivity index (χ0n) is 17.1. The molecule has 2 heterocycles. The first-order chi connectivity index (χ1) is 13.9. The van der Waals surface area contributed by atoms with Gasteiger partial charge in [-0.2, -0.15) is 0 Å². The number of aryl methyl sites for hydroxylation is 3. The minimum absolute atomic E-state index is 0.120. The van der Waals surface area contributed by atoms with E-state index in [2.05, 4.69) is 11.9 Å². The van der Waals surface area contributed by atoms with E-state index in [1.807, 2.05) is 12.1 Å². The second-order valence-corrected chi connectivity index (χ2v) is 7.12. The molecule has 0 radical (unpaired) electrons. The number of benzene rings is 1. The smallest absolute Gasteiger partial charge is 0.338 e. The Morgan fingerprint density at radius 3 is 2.52 bits per heavy atom. The molecular formula is C21H26N4O4. The number of esters is 1. The minimum Gasteiger partial charge on any atom is -0.462 e. The van der Waals surface area contributed by atoms with E-state index in [9.17, 15) is 14.4 Å². The number of hydrogen-bond donors (Lipinski definition) is 0. The van der Waals surface area contributed by atoms with Crippen molar-refractivity contribution in [3.05, 3.63) is 62.6 Å². The third-order valence-electron chi connectivity index (χ3n) is 4.97. The highest BCUT2D eigenvalue weighted by atomic mass is 16.5. The highest BCUT2D eigenvalue weighted by Crippen LogP contribution is 2.09. The van der Waals surface area contributed by atoms with E-state index in [0.717, 1.165) is 23.8 Å². The fourth-order valence-electron chi connectivity index (χ4n) is 3.25. The van der Waals surface area contributed by atoms with Crippen LogP contribution in [0.1, 0.15) is 42.1 Å². The third kappa shape index (κ3) is 4.31. The standard InChI is InChI=1S/C21H26N4O4/c1-4-5-7-15-8-10-16(11-9-15)20(27)29-13-6-12-25-19(26)17-18(22-14-23(17)2)24(3)21(25)28/h8-11,14H,4-7,12-13H2,1-3H3. The van der Waals surface area contributed by atoms with Crippen LogP contribution >= 0.6 is 0 Å². The van der Waals surface area contributed by atoms with Crippen LogP contribution in [0.2, 0.25) is 0 Å². The van der Waals surface area contributed by atoms with Gasteiger partial charge >= 0.3 is 11.7 Å². The van der Waals surface area contributed by atoms with Crippen molar-refractivity contribution in [3.63, 3.8) is 0 Å². The van der Waals surface area contributed by atoms with E-state index in [-0.39, 0.29) is 13.2 Å². The molecule has 0 amide bonds. The van der Waals surface area contributed by atoms with Gasteiger partial charge in [0.1, 0.15) is 0 Å². The Bertz CT molecular complexity index is 1120. The average molecular weight is 398 g/mol. The van der Waals surface area contributed by atoms with Crippen LogP contribution in [-0.4, -0.2) is 31.3 Å². The van der Waals surface area contributed by atoms with Gasteiger partial charge in [0.05, 0.1) is 18.5 Å². The third-order valence-corrected chi connectivity index (χ3v) is 4.97. The van der Waals surface area contributed by atoms with Gasteiger partial charge in [0.15, 0.2) is 11.2 Å². The first-order valence-electron chi connectivity index (χ1n) is 9.81. The van der Waals surface area contributed by atoms with Gasteiger partial charge < -0.3 is 9.30 Å². The maximum absolute atomic E-state index is 12.6. The highest BCUT2D eigenvalue weighted by Gasteiger charge is 2.15. The fourth-order valence-corrected chi connectivity index (χ4v) is 3.25. The molecule has 0 fully saturated rings. The summed E-state index contributed by atoms with van der Waals surface area (Å²) in [6.45, 7) is 2.43. The van der Waals surface area contributed by atoms with Crippen LogP contribution < -0.4 is 11.2 Å². The predicted molar refractivity (Wildman–Crippen MR) is 110 cm³/mol. The molecule has 3 rings (SSSR count). The Labute approximate surface area is 168 Å². The van der Waals surface area contributed by atoms with Crippen LogP contribution in [0.25, 0.3) is 11.2 Å². The predicted octanol–water partition coefficient (Wildman–Crippen LogP) is 2.02. The van der Waals surface area contributed by atoms with E-state index in [4.69, 9.17) is 4.74 Å². The summed E-state index contributed by atoms with van der Waals surface area (Å²) in [6.07, 6.45) is 5.11. The van der Waals surface area contributed by atoms with Crippen LogP contribution in [0.15, 0.2) is 40.2 Å². The molecule has 0 aliphatic rings. The summed E-state index contributed by atoms with van der Waals surface area (Å²) in [5.74, 6) is -0.408. The number of imidazole rings is 1. The number of hydrogen-bond acceptors (Lipinski definition) is 5. The monoisotopic (exact) mass is 398 g/mol. The summed E-state index contributed by atoms with van der Waals surface area (Å²) in [7, 11) is 3.29. The normalized spacial score (nSPS) is 11.1. The largest absolute Gasteiger partial charge is 0.462 e. The van der Waals surface area contributed by atoms with Crippen LogP contribution in [0, 0.1) is 0 Å². The topological polar surface area (TPSA) is 88.1 Å². The Hall–Kier alpha value is -3.16. The molecule has 2 aromatic heterocycles. The van der Waals surface area contributed by atoms with Crippen molar-refractivity contribution in [2.24, 2.45) is 14.1 Å². The summed E-state index contributed by atoms with van der Waals surface area (Å²) in [5.41, 5.74) is 1.59. The minimum atomic E-state index is -0.435. The number of rotatable bonds is 8. The van der Waals surface area contributed by atoms with Gasteiger partial charge in [0.2, 0.25) is 0 Å². The summed E-state index contributed by atoms with van der Waals surface area (Å²) >= 11 is 0. The Balaban J connectivity index is 1.61. The molecule has 0 aliphatic heterocycles. The van der Waals surface area contributed by atoms with Crippen LogP contribution in [0.5, 0.6) is 0 Å². The molecule has 0 N–H and O–H groups in total. The van der Waals surface area contributed by atoms with Gasteiger partial charge in [0, 0.05) is 20.6 Å². The number of unbranched alkanes of at least 4 members (excludes halogenated alkanes) is 1. The molecular weight excluding hydrogens is 372 g/mol. The molecule has 154 valence electrons. The van der Waals surface area contributed by atoms with Gasteiger partial charge in [-0.3, -0.25) is 13.9 Å². The molecule has 29 heavy (non-hydrogen) atoms. The average Bonchev–Trinajstić information content (AvgIpc) is 3.12. The lowest BCUT2D eigenvalue weighted by atomic mass is 10.1. The second-order valence-electron chi connectivity index (χ2n) is 7.12. The molecule has 8 heteroatoms. The summed E-state index contributed by atoms with van der Waals surface area (Å²) in [5, 5.41) is 0. The first kappa shape index (κ1) is 20.6. The van der Waals surface area contributed by atoms with E-state index in [0.29, 0.717) is 23.1 Å². The molecule has 1 aromatic carbocycles. The Kier molecular flexibility index (Phi) is 6.31. The Morgan fingerprint density at radius 2 is 1.83 bits per heavy atom. The van der Waals surface area contributed by atoms with Crippen LogP contribution in [0.4, 0.5) is 0 Å². The summed E-state index contributed by atoms with van der Waals surface area (Å²) in [6, 6.07) is 7.42. The van der Waals surface area contributed by atoms with Crippen molar-refractivity contribution < 1.29 is 9.53 Å². The number of fused-ring (bicyclic) bond motifs is 1. The number of aromatic nitrogens is 4. The maximum atomic E-state index is 12.6. The van der Waals surface area contributed by atoms with E-state index in [1.165, 1.54) is 16.5 Å². The van der Waals surface area contributed by atoms with Gasteiger partial charge in [-0.25, -0.2) is 14.6 Å². The molecule has 0 spiro atoms. The summed E-state index contributed by atoms with van der Waals surface area (Å²) in [4.78, 5) is 41.3. The van der Waals surface area contributed by atoms with Crippen molar-refractivity contribution in [3.8, 4) is 0 Å². The molecule has 3 aromatic rings. The second kappa shape index (κ2) is 8.89. The number of nitrogens with zero attached hydrogens (tertiary/aromatic N) is 4. The molecule has 0 atom stereocenters. The molecule has 0 aliphatic carbocycles. The highest BCUT2D eigenvalue weighted by molar-refractivity contribution is 5.89. The maximum Gasteiger partial charge on any atom is 0.338 e. The molecule has 0 bridgehead atoms. The van der Waals surface area contributed by atoms with Gasteiger partial charge in [-0.15, -0.1) is 0 Å². The van der Waals surface area contributed by atoms with Gasteiger partial charge in [0.25, 0.3) is 5.56 Å². The zero-order chi connectivity index (χ0) is 21.0. The van der Waals surface area contributed by atoms with Crippen molar-refractivity contribution in [2.75, 3.05) is 6.61 Å². The van der Waals surface area contributed by atoms with Crippen molar-refractivity contribution in [1.29, 1.82) is 0 Å². The molecule has 0 saturated carbocycles. The van der Waals surface area contributed by atoms with Gasteiger partial charge in [-0.05, 0) is 37.0 Å². The van der Waals surface area contributed by atoms with Crippen LogP contribution in [-0.2, 0) is 31.8 Å². The van der Waals surface area contributed by atoms with Crippen LogP contribution in [0.3, 0.4) is 0 Å². The first-order valence-corrected chi connectivity index (χ1v) is 9.81. The summed E-state index contributed by atoms with van der Waals surface area (Å²) < 4.78 is 9.39. The van der Waals surface area contributed by atoms with E-state index < -0.39 is 17.2 Å². The molecule has 0 unspecified atom stereocenters. The molecule has 8 nitrogen and oxygen atoms in total. The number of carbonyl (C=O) groups is 1. The lowest BCUT2D eigenvalue weighted by Crippen LogP contribution is -2.39. The Morgan fingerprint density at radius 1 is 1.10 bits per heavy atom.